The minimum atomic E-state index is -0.0142. The second-order valence-corrected chi connectivity index (χ2v) is 2.86. The summed E-state index contributed by atoms with van der Waals surface area (Å²) in [5.74, 6) is 0.193. The Morgan fingerprint density at radius 1 is 1.25 bits per heavy atom. The first kappa shape index (κ1) is 11.1. The lowest BCUT2D eigenvalue weighted by Gasteiger charge is -2.18. The van der Waals surface area contributed by atoms with Crippen LogP contribution in [0.1, 0.15) is 32.1 Å². The van der Waals surface area contributed by atoms with E-state index in [9.17, 15) is 4.79 Å². The standard InChI is InChI=1S/C8H14O2.CH2O/c1-10-8(9)7-5-3-2-4-6-7;1-2/h7H,2-6H2,1H3;1H2. The lowest BCUT2D eigenvalue weighted by Crippen LogP contribution is -2.18. The average Bonchev–Trinajstić information content (AvgIpc) is 2.21. The molecule has 0 bridgehead atoms. The van der Waals surface area contributed by atoms with E-state index in [1.165, 1.54) is 26.4 Å². The van der Waals surface area contributed by atoms with Crippen molar-refractivity contribution in [2.24, 2.45) is 5.92 Å². The van der Waals surface area contributed by atoms with Gasteiger partial charge in [-0.15, -0.1) is 0 Å². The van der Waals surface area contributed by atoms with Gasteiger partial charge in [0.1, 0.15) is 6.79 Å². The third-order valence-electron chi connectivity index (χ3n) is 2.14. The molecule has 0 aliphatic heterocycles. The minimum Gasteiger partial charge on any atom is -0.469 e. The fraction of sp³-hybridized carbons (Fsp3) is 0.778. The topological polar surface area (TPSA) is 43.4 Å². The van der Waals surface area contributed by atoms with Gasteiger partial charge < -0.3 is 9.53 Å². The monoisotopic (exact) mass is 172 g/mol. The van der Waals surface area contributed by atoms with Gasteiger partial charge >= 0.3 is 5.97 Å². The van der Waals surface area contributed by atoms with Crippen LogP contribution in [-0.2, 0) is 14.3 Å². The molecule has 3 nitrogen and oxygen atoms in total. The number of ether oxygens (including phenoxy) is 1. The first-order chi connectivity index (χ1) is 5.84. The van der Waals surface area contributed by atoms with Crippen LogP contribution in [-0.4, -0.2) is 19.9 Å². The van der Waals surface area contributed by atoms with Gasteiger partial charge in [0.05, 0.1) is 13.0 Å². The van der Waals surface area contributed by atoms with Gasteiger partial charge in [0.2, 0.25) is 0 Å². The second-order valence-electron chi connectivity index (χ2n) is 2.86. The summed E-state index contributed by atoms with van der Waals surface area (Å²) in [5, 5.41) is 0. The van der Waals surface area contributed by atoms with Crippen molar-refractivity contribution in [2.45, 2.75) is 32.1 Å². The van der Waals surface area contributed by atoms with Crippen LogP contribution < -0.4 is 0 Å². The van der Waals surface area contributed by atoms with Crippen molar-refractivity contribution in [1.29, 1.82) is 0 Å². The maximum atomic E-state index is 10.9. The van der Waals surface area contributed by atoms with Crippen LogP contribution in [0.25, 0.3) is 0 Å². The van der Waals surface area contributed by atoms with E-state index >= 15 is 0 Å². The van der Waals surface area contributed by atoms with Gasteiger partial charge in [-0.25, -0.2) is 0 Å². The lowest BCUT2D eigenvalue weighted by atomic mass is 9.89. The van der Waals surface area contributed by atoms with E-state index < -0.39 is 0 Å². The molecule has 0 radical (unpaired) electrons. The Balaban J connectivity index is 0.000000561. The highest BCUT2D eigenvalue weighted by Crippen LogP contribution is 2.24. The Bertz CT molecular complexity index is 128. The smallest absolute Gasteiger partial charge is 0.308 e. The molecule has 0 amide bonds. The second kappa shape index (κ2) is 6.83. The van der Waals surface area contributed by atoms with E-state index in [-0.39, 0.29) is 11.9 Å². The van der Waals surface area contributed by atoms with Crippen molar-refractivity contribution in [3.05, 3.63) is 0 Å². The van der Waals surface area contributed by atoms with Gasteiger partial charge in [0.15, 0.2) is 0 Å². The molecule has 0 aromatic rings. The zero-order valence-electron chi connectivity index (χ0n) is 7.54. The zero-order chi connectivity index (χ0) is 9.40. The Labute approximate surface area is 73.1 Å². The summed E-state index contributed by atoms with van der Waals surface area (Å²) in [4.78, 5) is 18.9. The SMILES string of the molecule is C=O.COC(=O)C1CCCCC1. The van der Waals surface area contributed by atoms with Gasteiger partial charge in [-0.2, -0.15) is 0 Å². The summed E-state index contributed by atoms with van der Waals surface area (Å²) in [5.41, 5.74) is 0. The van der Waals surface area contributed by atoms with E-state index in [1.807, 2.05) is 6.79 Å². The molecule has 1 aliphatic rings. The van der Waals surface area contributed by atoms with Gasteiger partial charge in [-0.05, 0) is 12.8 Å². The van der Waals surface area contributed by atoms with Gasteiger partial charge in [-0.1, -0.05) is 19.3 Å². The molecule has 0 saturated heterocycles. The molecule has 0 aromatic heterocycles. The number of hydrogen-bond donors (Lipinski definition) is 0. The van der Waals surface area contributed by atoms with Crippen molar-refractivity contribution in [2.75, 3.05) is 7.11 Å². The largest absolute Gasteiger partial charge is 0.469 e. The number of carbonyl (C=O) groups is 2. The maximum absolute atomic E-state index is 10.9. The van der Waals surface area contributed by atoms with Crippen LogP contribution in [0, 0.1) is 5.92 Å². The summed E-state index contributed by atoms with van der Waals surface area (Å²) in [6.07, 6.45) is 5.74. The number of hydrogen-bond acceptors (Lipinski definition) is 3. The molecule has 0 N–H and O–H groups in total. The van der Waals surface area contributed by atoms with Gasteiger partial charge in [-0.3, -0.25) is 4.79 Å². The van der Waals surface area contributed by atoms with E-state index in [0.29, 0.717) is 0 Å². The van der Waals surface area contributed by atoms with Crippen molar-refractivity contribution >= 4 is 12.8 Å². The Kier molecular flexibility index (Phi) is 6.34. The summed E-state index contributed by atoms with van der Waals surface area (Å²) < 4.78 is 4.65. The molecule has 1 aliphatic carbocycles. The third kappa shape index (κ3) is 3.51. The zero-order valence-corrected chi connectivity index (χ0v) is 7.54. The van der Waals surface area contributed by atoms with Crippen molar-refractivity contribution in [3.8, 4) is 0 Å². The predicted octanol–water partition coefficient (Wildman–Crippen LogP) is 1.55. The van der Waals surface area contributed by atoms with Crippen LogP contribution in [0.4, 0.5) is 0 Å². The molecule has 0 spiro atoms. The predicted molar refractivity (Wildman–Crippen MR) is 45.7 cm³/mol. The highest BCUT2D eigenvalue weighted by molar-refractivity contribution is 5.72. The fourth-order valence-electron chi connectivity index (χ4n) is 1.50. The van der Waals surface area contributed by atoms with E-state index in [1.54, 1.807) is 0 Å². The summed E-state index contributed by atoms with van der Waals surface area (Å²) >= 11 is 0. The van der Waals surface area contributed by atoms with Gasteiger partial charge in [0, 0.05) is 0 Å². The van der Waals surface area contributed by atoms with Crippen LogP contribution in [0.2, 0.25) is 0 Å². The third-order valence-corrected chi connectivity index (χ3v) is 2.14. The molecule has 70 valence electrons. The quantitative estimate of drug-likeness (QED) is 0.564. The molecule has 3 heteroatoms. The average molecular weight is 172 g/mol. The first-order valence-electron chi connectivity index (χ1n) is 4.21. The van der Waals surface area contributed by atoms with E-state index in [2.05, 4.69) is 4.74 Å². The summed E-state index contributed by atoms with van der Waals surface area (Å²) in [6, 6.07) is 0. The number of carbonyl (C=O) groups excluding carboxylic acids is 2. The maximum Gasteiger partial charge on any atom is 0.308 e. The Morgan fingerprint density at radius 3 is 2.17 bits per heavy atom. The molecule has 12 heavy (non-hydrogen) atoms. The molecule has 1 fully saturated rings. The molecule has 0 heterocycles. The van der Waals surface area contributed by atoms with Crippen LogP contribution in [0.15, 0.2) is 0 Å². The molecule has 0 unspecified atom stereocenters. The lowest BCUT2D eigenvalue weighted by molar-refractivity contribution is -0.146. The molecular weight excluding hydrogens is 156 g/mol. The Hall–Kier alpha value is -0.860. The highest BCUT2D eigenvalue weighted by atomic mass is 16.5. The number of esters is 1. The van der Waals surface area contributed by atoms with Gasteiger partial charge in [0.25, 0.3) is 0 Å². The Morgan fingerprint density at radius 2 is 1.75 bits per heavy atom. The van der Waals surface area contributed by atoms with E-state index in [4.69, 9.17) is 4.79 Å². The van der Waals surface area contributed by atoms with Crippen LogP contribution >= 0.6 is 0 Å². The molecule has 1 rings (SSSR count). The van der Waals surface area contributed by atoms with E-state index in [0.717, 1.165) is 12.8 Å². The van der Waals surface area contributed by atoms with Crippen molar-refractivity contribution in [1.82, 2.24) is 0 Å². The first-order valence-corrected chi connectivity index (χ1v) is 4.21. The normalized spacial score (nSPS) is 17.4. The molecule has 1 saturated carbocycles. The minimum absolute atomic E-state index is 0.0142. The fourth-order valence-corrected chi connectivity index (χ4v) is 1.50. The van der Waals surface area contributed by atoms with Crippen molar-refractivity contribution < 1.29 is 14.3 Å². The highest BCUT2D eigenvalue weighted by Gasteiger charge is 2.20. The van der Waals surface area contributed by atoms with Crippen molar-refractivity contribution in [3.63, 3.8) is 0 Å². The summed E-state index contributed by atoms with van der Waals surface area (Å²) in [7, 11) is 1.47. The number of rotatable bonds is 1. The van der Waals surface area contributed by atoms with Crippen LogP contribution in [0.5, 0.6) is 0 Å². The summed E-state index contributed by atoms with van der Waals surface area (Å²) in [6.45, 7) is 2.00. The number of methoxy groups -OCH3 is 1. The van der Waals surface area contributed by atoms with Crippen LogP contribution in [0.3, 0.4) is 0 Å². The molecule has 0 aromatic carbocycles. The molecule has 0 atom stereocenters. The molecular formula is C9H16O3.